The average molecular weight is 345 g/mol. The van der Waals surface area contributed by atoms with Gasteiger partial charge in [0.05, 0.1) is 10.2 Å². The summed E-state index contributed by atoms with van der Waals surface area (Å²) in [7, 11) is 0. The number of aromatic amines is 1. The molecule has 5 nitrogen and oxygen atoms in total. The molecule has 1 heterocycles. The van der Waals surface area contributed by atoms with Crippen LogP contribution in [0.4, 0.5) is 14.5 Å². The van der Waals surface area contributed by atoms with Crippen molar-refractivity contribution in [1.29, 1.82) is 0 Å². The molecule has 0 saturated heterocycles. The second kappa shape index (κ2) is 6.08. The van der Waals surface area contributed by atoms with Gasteiger partial charge in [0.25, 0.3) is 5.91 Å². The van der Waals surface area contributed by atoms with Crippen molar-refractivity contribution < 1.29 is 13.6 Å². The number of nitrogens with one attached hydrogen (secondary N) is 2. The van der Waals surface area contributed by atoms with Crippen LogP contribution in [0, 0.1) is 11.6 Å². The van der Waals surface area contributed by atoms with Crippen LogP contribution in [0.5, 0.6) is 0 Å². The number of benzene rings is 1. The molecule has 1 aromatic heterocycles. The molecule has 0 fully saturated rings. The van der Waals surface area contributed by atoms with Crippen LogP contribution >= 0.6 is 15.9 Å². The standard InChI is InChI=1S/C12H11BrF2N4O/c1-2-3-10-17-11(19-18-10)12(20)16-9-5-7(14)6(13)4-8(9)15/h4-5H,2-3H2,1H3,(H,16,20)(H,17,18,19). The van der Waals surface area contributed by atoms with Crippen LogP contribution in [0.15, 0.2) is 16.6 Å². The predicted octanol–water partition coefficient (Wildman–Crippen LogP) is 3.05. The monoisotopic (exact) mass is 344 g/mol. The Morgan fingerprint density at radius 1 is 1.40 bits per heavy atom. The second-order valence-corrected chi connectivity index (χ2v) is 4.91. The maximum absolute atomic E-state index is 13.6. The smallest absolute Gasteiger partial charge is 0.295 e. The van der Waals surface area contributed by atoms with E-state index in [0.29, 0.717) is 12.2 Å². The molecule has 1 amide bonds. The molecule has 0 aliphatic heterocycles. The van der Waals surface area contributed by atoms with Gasteiger partial charge < -0.3 is 5.32 Å². The molecule has 8 heteroatoms. The first-order chi connectivity index (χ1) is 9.51. The summed E-state index contributed by atoms with van der Waals surface area (Å²) in [5, 5.41) is 8.57. The number of H-pyrrole nitrogens is 1. The lowest BCUT2D eigenvalue weighted by Crippen LogP contribution is -2.15. The van der Waals surface area contributed by atoms with Crippen molar-refractivity contribution in [2.24, 2.45) is 0 Å². The Bertz CT molecular complexity index is 644. The Morgan fingerprint density at radius 2 is 2.15 bits per heavy atom. The minimum absolute atomic E-state index is 0.0175. The minimum atomic E-state index is -0.754. The third-order valence-corrected chi connectivity index (χ3v) is 3.09. The Hall–Kier alpha value is -1.83. The summed E-state index contributed by atoms with van der Waals surface area (Å²) in [5.41, 5.74) is -0.266. The molecule has 0 aliphatic rings. The van der Waals surface area contributed by atoms with E-state index in [0.717, 1.165) is 18.6 Å². The highest BCUT2D eigenvalue weighted by molar-refractivity contribution is 9.10. The van der Waals surface area contributed by atoms with Crippen molar-refractivity contribution in [2.75, 3.05) is 5.32 Å². The van der Waals surface area contributed by atoms with Gasteiger partial charge in [-0.15, -0.1) is 5.10 Å². The fraction of sp³-hybridized carbons (Fsp3) is 0.250. The number of halogens is 3. The van der Waals surface area contributed by atoms with Crippen molar-refractivity contribution in [3.63, 3.8) is 0 Å². The number of hydrogen-bond donors (Lipinski definition) is 2. The lowest BCUT2D eigenvalue weighted by Gasteiger charge is -2.05. The molecule has 1 aromatic carbocycles. The highest BCUT2D eigenvalue weighted by Gasteiger charge is 2.16. The zero-order valence-electron chi connectivity index (χ0n) is 10.5. The van der Waals surface area contributed by atoms with Crippen molar-refractivity contribution >= 4 is 27.5 Å². The molecule has 0 saturated carbocycles. The number of carbonyl (C=O) groups excluding carboxylic acids is 1. The molecule has 20 heavy (non-hydrogen) atoms. The SMILES string of the molecule is CCCc1nc(C(=O)Nc2cc(F)c(Br)cc2F)n[nH]1. The van der Waals surface area contributed by atoms with Crippen LogP contribution in [-0.2, 0) is 6.42 Å². The third kappa shape index (κ3) is 3.19. The van der Waals surface area contributed by atoms with E-state index in [1.807, 2.05) is 6.92 Å². The molecule has 0 bridgehead atoms. The van der Waals surface area contributed by atoms with E-state index in [1.54, 1.807) is 0 Å². The minimum Gasteiger partial charge on any atom is -0.317 e. The third-order valence-electron chi connectivity index (χ3n) is 2.48. The Morgan fingerprint density at radius 3 is 2.85 bits per heavy atom. The highest BCUT2D eigenvalue weighted by Crippen LogP contribution is 2.23. The number of rotatable bonds is 4. The Kier molecular flexibility index (Phi) is 4.43. The first-order valence-corrected chi connectivity index (χ1v) is 6.67. The van der Waals surface area contributed by atoms with E-state index in [-0.39, 0.29) is 16.0 Å². The molecule has 2 aromatic rings. The first-order valence-electron chi connectivity index (χ1n) is 5.88. The van der Waals surface area contributed by atoms with Crippen LogP contribution < -0.4 is 5.32 Å². The zero-order valence-corrected chi connectivity index (χ0v) is 12.1. The topological polar surface area (TPSA) is 70.7 Å². The Balaban J connectivity index is 2.16. The highest BCUT2D eigenvalue weighted by atomic mass is 79.9. The van der Waals surface area contributed by atoms with Crippen LogP contribution in [-0.4, -0.2) is 21.1 Å². The molecule has 0 atom stereocenters. The summed E-state index contributed by atoms with van der Waals surface area (Å²) < 4.78 is 26.9. The summed E-state index contributed by atoms with van der Waals surface area (Å²) in [6, 6.07) is 1.82. The Labute approximate surface area is 121 Å². The molecule has 2 N–H and O–H groups in total. The number of nitrogens with zero attached hydrogens (tertiary/aromatic N) is 2. The van der Waals surface area contributed by atoms with Gasteiger partial charge in [0, 0.05) is 12.5 Å². The number of aromatic nitrogens is 3. The molecule has 106 valence electrons. The van der Waals surface area contributed by atoms with E-state index in [1.165, 1.54) is 0 Å². The number of amides is 1. The summed E-state index contributed by atoms with van der Waals surface area (Å²) in [6.07, 6.45) is 1.50. The molecular weight excluding hydrogens is 334 g/mol. The number of aryl methyl sites for hydroxylation is 1. The van der Waals surface area contributed by atoms with Gasteiger partial charge in [-0.05, 0) is 28.4 Å². The van der Waals surface area contributed by atoms with Crippen LogP contribution in [0.2, 0.25) is 0 Å². The summed E-state index contributed by atoms with van der Waals surface area (Å²) in [4.78, 5) is 15.8. The van der Waals surface area contributed by atoms with E-state index in [4.69, 9.17) is 0 Å². The van der Waals surface area contributed by atoms with E-state index >= 15 is 0 Å². The maximum Gasteiger partial charge on any atom is 0.295 e. The van der Waals surface area contributed by atoms with E-state index < -0.39 is 17.5 Å². The molecule has 0 unspecified atom stereocenters. The van der Waals surface area contributed by atoms with Gasteiger partial charge in [-0.3, -0.25) is 9.89 Å². The van der Waals surface area contributed by atoms with Crippen molar-refractivity contribution in [3.05, 3.63) is 39.9 Å². The van der Waals surface area contributed by atoms with Crippen LogP contribution in [0.25, 0.3) is 0 Å². The van der Waals surface area contributed by atoms with Crippen LogP contribution in [0.1, 0.15) is 29.8 Å². The first kappa shape index (κ1) is 14.6. The van der Waals surface area contributed by atoms with Gasteiger partial charge in [0.1, 0.15) is 17.5 Å². The van der Waals surface area contributed by atoms with E-state index in [9.17, 15) is 13.6 Å². The summed E-state index contributed by atoms with van der Waals surface area (Å²) in [5.74, 6) is -1.68. The lowest BCUT2D eigenvalue weighted by atomic mass is 10.3. The quantitative estimate of drug-likeness (QED) is 0.837. The molecular formula is C12H11BrF2N4O. The largest absolute Gasteiger partial charge is 0.317 e. The van der Waals surface area contributed by atoms with Gasteiger partial charge in [-0.1, -0.05) is 6.92 Å². The average Bonchev–Trinajstić information content (AvgIpc) is 2.85. The summed E-state index contributed by atoms with van der Waals surface area (Å²) in [6.45, 7) is 1.96. The summed E-state index contributed by atoms with van der Waals surface area (Å²) >= 11 is 2.85. The van der Waals surface area contributed by atoms with Gasteiger partial charge in [0.15, 0.2) is 0 Å². The number of carbonyl (C=O) groups is 1. The zero-order chi connectivity index (χ0) is 14.7. The number of anilines is 1. The van der Waals surface area contributed by atoms with E-state index in [2.05, 4.69) is 36.4 Å². The molecule has 2 rings (SSSR count). The van der Waals surface area contributed by atoms with Crippen LogP contribution in [0.3, 0.4) is 0 Å². The lowest BCUT2D eigenvalue weighted by molar-refractivity contribution is 0.101. The maximum atomic E-state index is 13.6. The van der Waals surface area contributed by atoms with Gasteiger partial charge in [-0.25, -0.2) is 13.8 Å². The predicted molar refractivity (Wildman–Crippen MR) is 72.4 cm³/mol. The van der Waals surface area contributed by atoms with Gasteiger partial charge >= 0.3 is 0 Å². The number of hydrogen-bond acceptors (Lipinski definition) is 3. The second-order valence-electron chi connectivity index (χ2n) is 4.06. The fourth-order valence-corrected chi connectivity index (χ4v) is 1.86. The normalized spacial score (nSPS) is 10.6. The van der Waals surface area contributed by atoms with Crippen molar-refractivity contribution in [2.45, 2.75) is 19.8 Å². The molecule has 0 radical (unpaired) electrons. The van der Waals surface area contributed by atoms with Crippen molar-refractivity contribution in [3.8, 4) is 0 Å². The van der Waals surface area contributed by atoms with Gasteiger partial charge in [0.2, 0.25) is 5.82 Å². The molecule has 0 spiro atoms. The molecule has 0 aliphatic carbocycles. The fourth-order valence-electron chi connectivity index (χ4n) is 1.54. The van der Waals surface area contributed by atoms with Crippen molar-refractivity contribution in [1.82, 2.24) is 15.2 Å². The van der Waals surface area contributed by atoms with Gasteiger partial charge in [-0.2, -0.15) is 0 Å².